The first-order chi connectivity index (χ1) is 14.0. The Balaban J connectivity index is 2.31. The van der Waals surface area contributed by atoms with Gasteiger partial charge in [0.2, 0.25) is 0 Å². The topological polar surface area (TPSA) is 71.7 Å². The molecule has 5 nitrogen and oxygen atoms in total. The molecule has 11 heteroatoms. The summed E-state index contributed by atoms with van der Waals surface area (Å²) in [6, 6.07) is 6.29. The van der Waals surface area contributed by atoms with Crippen LogP contribution in [0.15, 0.2) is 41.4 Å². The van der Waals surface area contributed by atoms with Crippen LogP contribution < -0.4 is 4.80 Å². The standard InChI is InChI=1S/C19H13Cl2F3N2O3S/c1-2-13(17(28)29)26-14-5-3-4-10(19(22,23)24)15(14)30-18(26)25-16(27)9-6-7-11(20)12(21)8-9/h3-8,13H,2H2,1H3,(H,28,29). The first kappa shape index (κ1) is 22.3. The third kappa shape index (κ3) is 4.23. The summed E-state index contributed by atoms with van der Waals surface area (Å²) in [7, 11) is 0. The Kier molecular flexibility index (Phi) is 6.26. The summed E-state index contributed by atoms with van der Waals surface area (Å²) in [5.74, 6) is -2.04. The highest BCUT2D eigenvalue weighted by atomic mass is 35.5. The van der Waals surface area contributed by atoms with Crippen LogP contribution in [0.25, 0.3) is 10.2 Å². The van der Waals surface area contributed by atoms with E-state index < -0.39 is 29.7 Å². The molecule has 0 radical (unpaired) electrons. The Morgan fingerprint density at radius 3 is 2.47 bits per heavy atom. The average molecular weight is 477 g/mol. The molecule has 3 rings (SSSR count). The number of carboxylic acid groups (broad SMARTS) is 1. The molecule has 1 amide bonds. The maximum Gasteiger partial charge on any atom is 0.417 e. The van der Waals surface area contributed by atoms with Gasteiger partial charge in [-0.25, -0.2) is 4.79 Å². The summed E-state index contributed by atoms with van der Waals surface area (Å²) in [5, 5.41) is 9.91. The lowest BCUT2D eigenvalue weighted by Crippen LogP contribution is -2.27. The van der Waals surface area contributed by atoms with Crippen LogP contribution in [0.4, 0.5) is 13.2 Å². The zero-order chi connectivity index (χ0) is 22.2. The first-order valence-corrected chi connectivity index (χ1v) is 10.1. The smallest absolute Gasteiger partial charge is 0.417 e. The van der Waals surface area contributed by atoms with Gasteiger partial charge in [-0.2, -0.15) is 18.2 Å². The Hall–Kier alpha value is -2.36. The van der Waals surface area contributed by atoms with Crippen molar-refractivity contribution < 1.29 is 27.9 Å². The number of carbonyl (C=O) groups excluding carboxylic acids is 1. The van der Waals surface area contributed by atoms with Crippen molar-refractivity contribution in [1.29, 1.82) is 0 Å². The van der Waals surface area contributed by atoms with Gasteiger partial charge in [0, 0.05) is 5.56 Å². The van der Waals surface area contributed by atoms with Crippen molar-refractivity contribution in [1.82, 2.24) is 4.57 Å². The largest absolute Gasteiger partial charge is 0.480 e. The predicted molar refractivity (Wildman–Crippen MR) is 108 cm³/mol. The summed E-state index contributed by atoms with van der Waals surface area (Å²) < 4.78 is 41.3. The monoisotopic (exact) mass is 476 g/mol. The normalized spacial score (nSPS) is 13.6. The number of aromatic nitrogens is 1. The van der Waals surface area contributed by atoms with Crippen LogP contribution in [0, 0.1) is 0 Å². The second-order valence-electron chi connectivity index (χ2n) is 6.21. The molecule has 0 saturated heterocycles. The van der Waals surface area contributed by atoms with E-state index in [4.69, 9.17) is 23.2 Å². The fourth-order valence-electron chi connectivity index (χ4n) is 2.91. The van der Waals surface area contributed by atoms with Crippen molar-refractivity contribution in [2.75, 3.05) is 0 Å². The number of nitrogens with zero attached hydrogens (tertiary/aromatic N) is 2. The van der Waals surface area contributed by atoms with Crippen molar-refractivity contribution in [3.8, 4) is 0 Å². The number of hydrogen-bond donors (Lipinski definition) is 1. The minimum Gasteiger partial charge on any atom is -0.480 e. The molecule has 0 fully saturated rings. The van der Waals surface area contributed by atoms with E-state index in [0.717, 1.165) is 10.6 Å². The van der Waals surface area contributed by atoms with E-state index in [1.807, 2.05) is 0 Å². The number of carbonyl (C=O) groups is 2. The van der Waals surface area contributed by atoms with Crippen LogP contribution >= 0.6 is 34.5 Å². The molecule has 0 aliphatic heterocycles. The van der Waals surface area contributed by atoms with Crippen molar-refractivity contribution in [2.24, 2.45) is 4.99 Å². The average Bonchev–Trinajstić information content (AvgIpc) is 3.01. The van der Waals surface area contributed by atoms with Gasteiger partial charge in [0.1, 0.15) is 6.04 Å². The Bertz CT molecular complexity index is 1220. The number of hydrogen-bond acceptors (Lipinski definition) is 3. The maximum atomic E-state index is 13.5. The lowest BCUT2D eigenvalue weighted by molar-refractivity contribution is -0.141. The van der Waals surface area contributed by atoms with E-state index in [1.165, 1.54) is 30.3 Å². The Morgan fingerprint density at radius 1 is 1.20 bits per heavy atom. The SMILES string of the molecule is CCC(C(=O)O)n1c(=NC(=O)c2ccc(Cl)c(Cl)c2)sc2c(C(F)(F)F)cccc21. The minimum atomic E-state index is -4.65. The van der Waals surface area contributed by atoms with Crippen LogP contribution in [-0.4, -0.2) is 21.6 Å². The molecular weight excluding hydrogens is 464 g/mol. The van der Waals surface area contributed by atoms with Gasteiger partial charge < -0.3 is 9.67 Å². The molecule has 0 saturated carbocycles. The van der Waals surface area contributed by atoms with E-state index in [1.54, 1.807) is 6.92 Å². The molecule has 1 N–H and O–H groups in total. The van der Waals surface area contributed by atoms with E-state index in [-0.39, 0.29) is 37.0 Å². The molecule has 3 aromatic rings. The van der Waals surface area contributed by atoms with Gasteiger partial charge in [0.05, 0.1) is 25.8 Å². The molecule has 2 aromatic carbocycles. The molecule has 1 unspecified atom stereocenters. The van der Waals surface area contributed by atoms with Crippen molar-refractivity contribution in [3.63, 3.8) is 0 Å². The number of rotatable bonds is 4. The molecule has 1 atom stereocenters. The number of amides is 1. The molecule has 0 aliphatic rings. The molecule has 0 bridgehead atoms. The van der Waals surface area contributed by atoms with Crippen molar-refractivity contribution in [3.05, 3.63) is 62.4 Å². The summed E-state index contributed by atoms with van der Waals surface area (Å²) in [6.45, 7) is 1.58. The van der Waals surface area contributed by atoms with E-state index in [2.05, 4.69) is 4.99 Å². The van der Waals surface area contributed by atoms with Gasteiger partial charge in [-0.3, -0.25) is 4.79 Å². The molecule has 1 aromatic heterocycles. The molecular formula is C19H13Cl2F3N2O3S. The van der Waals surface area contributed by atoms with Crippen LogP contribution in [0.2, 0.25) is 10.0 Å². The van der Waals surface area contributed by atoms with Gasteiger partial charge in [0.25, 0.3) is 5.91 Å². The third-order valence-corrected chi connectivity index (χ3v) is 6.15. The number of thiazole rings is 1. The lowest BCUT2D eigenvalue weighted by Gasteiger charge is -2.14. The molecule has 1 heterocycles. The fraction of sp³-hybridized carbons (Fsp3) is 0.211. The van der Waals surface area contributed by atoms with Crippen LogP contribution in [-0.2, 0) is 11.0 Å². The Morgan fingerprint density at radius 2 is 1.90 bits per heavy atom. The number of alkyl halides is 3. The zero-order valence-electron chi connectivity index (χ0n) is 15.2. The van der Waals surface area contributed by atoms with E-state index in [0.29, 0.717) is 11.3 Å². The molecule has 0 spiro atoms. The fourth-order valence-corrected chi connectivity index (χ4v) is 4.41. The number of carboxylic acids is 1. The highest BCUT2D eigenvalue weighted by Crippen LogP contribution is 2.37. The van der Waals surface area contributed by atoms with Crippen molar-refractivity contribution in [2.45, 2.75) is 25.6 Å². The first-order valence-electron chi connectivity index (χ1n) is 8.52. The van der Waals surface area contributed by atoms with E-state index >= 15 is 0 Å². The van der Waals surface area contributed by atoms with Gasteiger partial charge in [-0.15, -0.1) is 0 Å². The number of benzene rings is 2. The van der Waals surface area contributed by atoms with Gasteiger partial charge in [0.15, 0.2) is 4.80 Å². The Labute approximate surface area is 182 Å². The number of aliphatic carboxylic acids is 1. The highest BCUT2D eigenvalue weighted by molar-refractivity contribution is 7.16. The summed E-state index contributed by atoms with van der Waals surface area (Å²) in [5.41, 5.74) is -0.833. The second-order valence-corrected chi connectivity index (χ2v) is 8.01. The molecule has 158 valence electrons. The van der Waals surface area contributed by atoms with Crippen LogP contribution in [0.1, 0.15) is 35.3 Å². The molecule has 30 heavy (non-hydrogen) atoms. The van der Waals surface area contributed by atoms with Gasteiger partial charge >= 0.3 is 12.1 Å². The van der Waals surface area contributed by atoms with Crippen LogP contribution in [0.3, 0.4) is 0 Å². The molecule has 0 aliphatic carbocycles. The van der Waals surface area contributed by atoms with Crippen LogP contribution in [0.5, 0.6) is 0 Å². The number of fused-ring (bicyclic) bond motifs is 1. The lowest BCUT2D eigenvalue weighted by atomic mass is 10.1. The zero-order valence-corrected chi connectivity index (χ0v) is 17.5. The maximum absolute atomic E-state index is 13.5. The summed E-state index contributed by atoms with van der Waals surface area (Å²) >= 11 is 12.3. The van der Waals surface area contributed by atoms with Gasteiger partial charge in [-0.05, 0) is 36.8 Å². The second kappa shape index (κ2) is 8.41. The summed E-state index contributed by atoms with van der Waals surface area (Å²) in [4.78, 5) is 28.1. The predicted octanol–water partition coefficient (Wildman–Crippen LogP) is 5.81. The van der Waals surface area contributed by atoms with Crippen molar-refractivity contribution >= 4 is 56.6 Å². The minimum absolute atomic E-state index is 0.0322. The number of halogens is 5. The van der Waals surface area contributed by atoms with E-state index in [9.17, 15) is 27.9 Å². The third-order valence-electron chi connectivity index (χ3n) is 4.31. The quantitative estimate of drug-likeness (QED) is 0.516. The van der Waals surface area contributed by atoms with Gasteiger partial charge in [-0.1, -0.05) is 47.5 Å². The highest BCUT2D eigenvalue weighted by Gasteiger charge is 2.34. The summed E-state index contributed by atoms with van der Waals surface area (Å²) in [6.07, 6.45) is -4.58.